The van der Waals surface area contributed by atoms with Crippen molar-refractivity contribution in [2.24, 2.45) is 0 Å². The van der Waals surface area contributed by atoms with Crippen molar-refractivity contribution in [2.45, 2.75) is 33.1 Å². The lowest BCUT2D eigenvalue weighted by atomic mass is 9.92. The number of para-hydroxylation sites is 1. The fraction of sp³-hybridized carbons (Fsp3) is 0.172. The third-order valence-electron chi connectivity index (χ3n) is 6.04. The number of aromatic nitrogens is 3. The maximum absolute atomic E-state index is 12.9. The number of carbonyl (C=O) groups is 1. The summed E-state index contributed by atoms with van der Waals surface area (Å²) >= 11 is 0. The van der Waals surface area contributed by atoms with E-state index in [1.54, 1.807) is 4.68 Å². The Labute approximate surface area is 205 Å². The Balaban J connectivity index is 1.35. The fourth-order valence-electron chi connectivity index (χ4n) is 4.04. The van der Waals surface area contributed by atoms with E-state index in [1.807, 2.05) is 79.9 Å². The monoisotopic (exact) mass is 463 g/mol. The summed E-state index contributed by atoms with van der Waals surface area (Å²) < 4.78 is 1.78. The van der Waals surface area contributed by atoms with Crippen LogP contribution in [-0.4, -0.2) is 20.8 Å². The summed E-state index contributed by atoms with van der Waals surface area (Å²) in [6, 6.07) is 25.7. The van der Waals surface area contributed by atoms with E-state index < -0.39 is 0 Å². The van der Waals surface area contributed by atoms with E-state index in [1.165, 1.54) is 10.9 Å². The number of H-pyrrole nitrogens is 1. The van der Waals surface area contributed by atoms with Crippen LogP contribution < -0.4 is 10.6 Å². The average Bonchev–Trinajstić information content (AvgIpc) is 3.45. The highest BCUT2D eigenvalue weighted by Gasteiger charge is 2.21. The molecule has 0 saturated carbocycles. The number of anilines is 2. The minimum Gasteiger partial charge on any atom is -0.361 e. The van der Waals surface area contributed by atoms with E-state index in [2.05, 4.69) is 48.5 Å². The first-order valence-electron chi connectivity index (χ1n) is 11.7. The molecule has 0 spiro atoms. The lowest BCUT2D eigenvalue weighted by Crippen LogP contribution is -2.21. The van der Waals surface area contributed by atoms with Gasteiger partial charge in [0.15, 0.2) is 0 Å². The smallest absolute Gasteiger partial charge is 0.324 e. The third kappa shape index (κ3) is 4.68. The maximum atomic E-state index is 12.9. The van der Waals surface area contributed by atoms with Crippen molar-refractivity contribution >= 4 is 28.4 Å². The molecule has 0 aliphatic rings. The molecule has 0 bridgehead atoms. The molecule has 35 heavy (non-hydrogen) atoms. The second kappa shape index (κ2) is 8.80. The van der Waals surface area contributed by atoms with Crippen LogP contribution in [0.25, 0.3) is 27.7 Å². The molecule has 3 aromatic carbocycles. The number of hydrogen-bond acceptors (Lipinski definition) is 2. The lowest BCUT2D eigenvalue weighted by Gasteiger charge is -2.14. The minimum absolute atomic E-state index is 0.152. The zero-order valence-corrected chi connectivity index (χ0v) is 20.4. The van der Waals surface area contributed by atoms with Gasteiger partial charge in [0, 0.05) is 39.8 Å². The number of nitrogens with one attached hydrogen (secondary N) is 3. The number of carbonyl (C=O) groups excluding carboxylic acids is 1. The van der Waals surface area contributed by atoms with Gasteiger partial charge in [-0.3, -0.25) is 5.32 Å². The molecule has 0 unspecified atom stereocenters. The van der Waals surface area contributed by atoms with Gasteiger partial charge in [-0.25, -0.2) is 9.48 Å². The molecular weight excluding hydrogens is 434 g/mol. The molecule has 2 aromatic heterocycles. The Kier molecular flexibility index (Phi) is 5.65. The zero-order chi connectivity index (χ0) is 24.6. The van der Waals surface area contributed by atoms with E-state index in [-0.39, 0.29) is 11.4 Å². The number of fused-ring (bicyclic) bond motifs is 1. The van der Waals surface area contributed by atoms with Crippen molar-refractivity contribution < 1.29 is 4.79 Å². The van der Waals surface area contributed by atoms with Crippen molar-refractivity contribution in [1.29, 1.82) is 0 Å². The number of amides is 2. The van der Waals surface area contributed by atoms with E-state index in [0.717, 1.165) is 28.0 Å². The molecular formula is C29H29N5O. The van der Waals surface area contributed by atoms with E-state index in [9.17, 15) is 4.79 Å². The summed E-state index contributed by atoms with van der Waals surface area (Å²) in [6.07, 6.45) is 2.01. The van der Waals surface area contributed by atoms with E-state index in [0.29, 0.717) is 11.5 Å². The van der Waals surface area contributed by atoms with Crippen LogP contribution in [0.2, 0.25) is 0 Å². The van der Waals surface area contributed by atoms with Gasteiger partial charge in [0.2, 0.25) is 0 Å². The van der Waals surface area contributed by atoms with Crippen LogP contribution in [0.1, 0.15) is 32.0 Å². The van der Waals surface area contributed by atoms with Gasteiger partial charge in [-0.1, -0.05) is 68.8 Å². The molecule has 5 rings (SSSR count). The molecule has 6 heteroatoms. The molecule has 0 aliphatic carbocycles. The van der Waals surface area contributed by atoms with Gasteiger partial charge in [-0.15, -0.1) is 0 Å². The molecule has 0 atom stereocenters. The van der Waals surface area contributed by atoms with Gasteiger partial charge >= 0.3 is 6.03 Å². The van der Waals surface area contributed by atoms with E-state index in [4.69, 9.17) is 5.10 Å². The highest BCUT2D eigenvalue weighted by Crippen LogP contribution is 2.30. The topological polar surface area (TPSA) is 74.7 Å². The molecule has 176 valence electrons. The normalized spacial score (nSPS) is 11.5. The van der Waals surface area contributed by atoms with Crippen LogP contribution in [0.3, 0.4) is 0 Å². The van der Waals surface area contributed by atoms with Crippen molar-refractivity contribution in [3.05, 3.63) is 96.3 Å². The number of rotatable bonds is 4. The fourth-order valence-corrected chi connectivity index (χ4v) is 4.04. The Bertz CT molecular complexity index is 1490. The van der Waals surface area contributed by atoms with Gasteiger partial charge in [-0.2, -0.15) is 5.10 Å². The van der Waals surface area contributed by atoms with Crippen molar-refractivity contribution in [1.82, 2.24) is 14.8 Å². The summed E-state index contributed by atoms with van der Waals surface area (Å²) in [7, 11) is 0. The highest BCUT2D eigenvalue weighted by atomic mass is 16.2. The summed E-state index contributed by atoms with van der Waals surface area (Å²) in [4.78, 5) is 16.2. The summed E-state index contributed by atoms with van der Waals surface area (Å²) in [5.41, 5.74) is 6.84. The lowest BCUT2D eigenvalue weighted by molar-refractivity contribution is 0.262. The number of hydrogen-bond donors (Lipinski definition) is 3. The van der Waals surface area contributed by atoms with Crippen LogP contribution in [-0.2, 0) is 5.41 Å². The molecule has 0 saturated heterocycles. The number of benzene rings is 3. The number of aryl methyl sites for hydroxylation is 1. The van der Waals surface area contributed by atoms with Crippen molar-refractivity contribution in [3.63, 3.8) is 0 Å². The van der Waals surface area contributed by atoms with Gasteiger partial charge < -0.3 is 10.3 Å². The Hall–Kier alpha value is -4.32. The SMILES string of the molecule is Cc1ccc(-n2nc(C(C)(C)C)cc2NC(=O)Nc2ccc(-c3c[nH]c4ccccc34)cc2)cc1. The predicted octanol–water partition coefficient (Wildman–Crippen LogP) is 7.27. The number of nitrogens with zero attached hydrogens (tertiary/aromatic N) is 2. The molecule has 5 aromatic rings. The average molecular weight is 464 g/mol. The second-order valence-corrected chi connectivity index (χ2v) is 9.82. The largest absolute Gasteiger partial charge is 0.361 e. The third-order valence-corrected chi connectivity index (χ3v) is 6.04. The Morgan fingerprint density at radius 3 is 2.34 bits per heavy atom. The standard InChI is InChI=1S/C29H29N5O/c1-19-9-15-22(16-10-19)34-27(17-26(33-34)29(2,3)4)32-28(35)31-21-13-11-20(12-14-21)24-18-30-25-8-6-5-7-23(24)25/h5-18,30H,1-4H3,(H2,31,32,35). The molecule has 2 amide bonds. The van der Waals surface area contributed by atoms with Gasteiger partial charge in [0.25, 0.3) is 0 Å². The molecule has 0 radical (unpaired) electrons. The summed E-state index contributed by atoms with van der Waals surface area (Å²) in [5.74, 6) is 0.617. The predicted molar refractivity (Wildman–Crippen MR) is 143 cm³/mol. The zero-order valence-electron chi connectivity index (χ0n) is 20.4. The number of aromatic amines is 1. The first-order chi connectivity index (χ1) is 16.8. The van der Waals surface area contributed by atoms with Gasteiger partial charge in [-0.05, 0) is 42.8 Å². The van der Waals surface area contributed by atoms with E-state index >= 15 is 0 Å². The molecule has 2 heterocycles. The maximum Gasteiger partial charge on any atom is 0.324 e. The van der Waals surface area contributed by atoms with Gasteiger partial charge in [0.05, 0.1) is 11.4 Å². The van der Waals surface area contributed by atoms with Gasteiger partial charge in [0.1, 0.15) is 5.82 Å². The van der Waals surface area contributed by atoms with Crippen molar-refractivity contribution in [3.8, 4) is 16.8 Å². The Morgan fingerprint density at radius 2 is 1.63 bits per heavy atom. The van der Waals surface area contributed by atoms with Crippen LogP contribution in [0, 0.1) is 6.92 Å². The highest BCUT2D eigenvalue weighted by molar-refractivity contribution is 6.00. The Morgan fingerprint density at radius 1 is 0.914 bits per heavy atom. The van der Waals surface area contributed by atoms with Crippen LogP contribution in [0.4, 0.5) is 16.3 Å². The number of urea groups is 1. The molecule has 0 fully saturated rings. The van der Waals surface area contributed by atoms with Crippen LogP contribution >= 0.6 is 0 Å². The first kappa shape index (κ1) is 22.5. The minimum atomic E-state index is -0.321. The molecule has 6 nitrogen and oxygen atoms in total. The quantitative estimate of drug-likeness (QED) is 0.262. The summed E-state index contributed by atoms with van der Waals surface area (Å²) in [5, 5.41) is 11.9. The van der Waals surface area contributed by atoms with Crippen molar-refractivity contribution in [2.75, 3.05) is 10.6 Å². The molecule has 3 N–H and O–H groups in total. The first-order valence-corrected chi connectivity index (χ1v) is 11.7. The summed E-state index contributed by atoms with van der Waals surface area (Å²) in [6.45, 7) is 8.36. The second-order valence-electron chi connectivity index (χ2n) is 9.82. The van der Waals surface area contributed by atoms with Crippen LogP contribution in [0.15, 0.2) is 85.1 Å². The molecule has 0 aliphatic heterocycles. The van der Waals surface area contributed by atoms with Crippen LogP contribution in [0.5, 0.6) is 0 Å².